The Morgan fingerprint density at radius 1 is 1.53 bits per heavy atom. The number of thiophene rings is 1. The van der Waals surface area contributed by atoms with Crippen molar-refractivity contribution in [3.63, 3.8) is 0 Å². The van der Waals surface area contributed by atoms with Gasteiger partial charge in [0.2, 0.25) is 0 Å². The van der Waals surface area contributed by atoms with Crippen molar-refractivity contribution < 1.29 is 14.7 Å². The fraction of sp³-hybridized carbons (Fsp3) is 0.455. The molecule has 0 fully saturated rings. The lowest BCUT2D eigenvalue weighted by Crippen LogP contribution is -2.37. The number of aliphatic carboxylic acids is 1. The molecule has 0 aliphatic rings. The van der Waals surface area contributed by atoms with Crippen molar-refractivity contribution in [2.24, 2.45) is 0 Å². The van der Waals surface area contributed by atoms with Crippen LogP contribution in [-0.4, -0.2) is 35.6 Å². The minimum atomic E-state index is -0.842. The van der Waals surface area contributed by atoms with Gasteiger partial charge in [0.1, 0.15) is 0 Å². The predicted molar refractivity (Wildman–Crippen MR) is 66.1 cm³/mol. The molecule has 0 aliphatic carbocycles. The topological polar surface area (TPSA) is 69.6 Å². The van der Waals surface area contributed by atoms with E-state index in [1.807, 2.05) is 16.8 Å². The zero-order chi connectivity index (χ0) is 12.7. The number of carbonyl (C=O) groups is 2. The highest BCUT2D eigenvalue weighted by molar-refractivity contribution is 7.07. The molecule has 1 heterocycles. The number of carbonyl (C=O) groups excluding carboxylic acids is 1. The van der Waals surface area contributed by atoms with Crippen LogP contribution in [-0.2, 0) is 11.3 Å². The van der Waals surface area contributed by atoms with E-state index in [1.54, 1.807) is 23.3 Å². The first kappa shape index (κ1) is 13.5. The van der Waals surface area contributed by atoms with E-state index in [0.29, 0.717) is 19.5 Å². The molecule has 0 spiro atoms. The van der Waals surface area contributed by atoms with Crippen LogP contribution < -0.4 is 5.32 Å². The summed E-state index contributed by atoms with van der Waals surface area (Å²) in [5.41, 5.74) is 1.10. The maximum absolute atomic E-state index is 11.6. The predicted octanol–water partition coefficient (Wildman–Crippen LogP) is 1.75. The van der Waals surface area contributed by atoms with E-state index in [1.165, 1.54) is 0 Å². The van der Waals surface area contributed by atoms with Gasteiger partial charge in [0, 0.05) is 26.6 Å². The van der Waals surface area contributed by atoms with E-state index in [2.05, 4.69) is 5.32 Å². The van der Waals surface area contributed by atoms with Crippen LogP contribution in [0.4, 0.5) is 4.79 Å². The highest BCUT2D eigenvalue weighted by atomic mass is 32.1. The van der Waals surface area contributed by atoms with Crippen molar-refractivity contribution in [2.75, 3.05) is 13.6 Å². The maximum atomic E-state index is 11.6. The van der Waals surface area contributed by atoms with Crippen LogP contribution in [0.15, 0.2) is 16.8 Å². The third-order valence-corrected chi connectivity index (χ3v) is 2.92. The van der Waals surface area contributed by atoms with Gasteiger partial charge in [0.05, 0.1) is 0 Å². The zero-order valence-corrected chi connectivity index (χ0v) is 10.5. The Balaban J connectivity index is 2.20. The van der Waals surface area contributed by atoms with Crippen molar-refractivity contribution in [1.82, 2.24) is 10.2 Å². The van der Waals surface area contributed by atoms with E-state index >= 15 is 0 Å². The molecule has 1 aromatic heterocycles. The summed E-state index contributed by atoms with van der Waals surface area (Å²) in [5.74, 6) is -0.842. The molecular formula is C11H16N2O3S. The monoisotopic (exact) mass is 256 g/mol. The van der Waals surface area contributed by atoms with Gasteiger partial charge >= 0.3 is 12.0 Å². The first-order valence-corrected chi connectivity index (χ1v) is 6.25. The summed E-state index contributed by atoms with van der Waals surface area (Å²) in [6, 6.07) is 1.79. The molecule has 2 N–H and O–H groups in total. The van der Waals surface area contributed by atoms with Crippen LogP contribution in [0.5, 0.6) is 0 Å². The van der Waals surface area contributed by atoms with Crippen molar-refractivity contribution in [3.8, 4) is 0 Å². The third kappa shape index (κ3) is 5.35. The van der Waals surface area contributed by atoms with Crippen LogP contribution in [0.25, 0.3) is 0 Å². The molecule has 5 nitrogen and oxygen atoms in total. The first-order valence-electron chi connectivity index (χ1n) is 5.31. The third-order valence-electron chi connectivity index (χ3n) is 2.19. The Morgan fingerprint density at radius 2 is 2.29 bits per heavy atom. The minimum Gasteiger partial charge on any atom is -0.481 e. The molecule has 0 aromatic carbocycles. The second kappa shape index (κ2) is 6.90. The zero-order valence-electron chi connectivity index (χ0n) is 9.68. The first-order chi connectivity index (χ1) is 8.09. The Labute approximate surface area is 104 Å². The molecule has 2 amide bonds. The smallest absolute Gasteiger partial charge is 0.317 e. The fourth-order valence-electron chi connectivity index (χ4n) is 1.30. The Bertz CT molecular complexity index is 365. The lowest BCUT2D eigenvalue weighted by atomic mass is 10.3. The maximum Gasteiger partial charge on any atom is 0.317 e. The molecule has 6 heteroatoms. The number of carboxylic acid groups (broad SMARTS) is 1. The number of hydrogen-bond acceptors (Lipinski definition) is 3. The molecule has 0 aliphatic heterocycles. The number of nitrogens with zero attached hydrogens (tertiary/aromatic N) is 1. The lowest BCUT2D eigenvalue weighted by Gasteiger charge is -2.17. The van der Waals surface area contributed by atoms with E-state index in [4.69, 9.17) is 5.11 Å². The summed E-state index contributed by atoms with van der Waals surface area (Å²) in [5, 5.41) is 15.1. The number of hydrogen-bond donors (Lipinski definition) is 2. The van der Waals surface area contributed by atoms with Crippen LogP contribution >= 0.6 is 11.3 Å². The summed E-state index contributed by atoms with van der Waals surface area (Å²) in [6.07, 6.45) is 0.530. The van der Waals surface area contributed by atoms with Crippen LogP contribution in [0.1, 0.15) is 18.4 Å². The molecular weight excluding hydrogens is 240 g/mol. The van der Waals surface area contributed by atoms with Gasteiger partial charge in [-0.2, -0.15) is 11.3 Å². The molecule has 17 heavy (non-hydrogen) atoms. The number of nitrogens with one attached hydrogen (secondary N) is 1. The van der Waals surface area contributed by atoms with Crippen LogP contribution in [0, 0.1) is 0 Å². The molecule has 0 atom stereocenters. The molecule has 0 saturated carbocycles. The SMILES string of the molecule is CN(Cc1ccsc1)C(=O)NCCCC(=O)O. The summed E-state index contributed by atoms with van der Waals surface area (Å²) >= 11 is 1.59. The summed E-state index contributed by atoms with van der Waals surface area (Å²) in [6.45, 7) is 0.952. The Hall–Kier alpha value is -1.56. The van der Waals surface area contributed by atoms with Crippen molar-refractivity contribution in [2.45, 2.75) is 19.4 Å². The number of urea groups is 1. The molecule has 1 aromatic rings. The van der Waals surface area contributed by atoms with Crippen molar-refractivity contribution >= 4 is 23.3 Å². The molecule has 0 bridgehead atoms. The fourth-order valence-corrected chi connectivity index (χ4v) is 1.96. The van der Waals surface area contributed by atoms with E-state index in [0.717, 1.165) is 5.56 Å². The molecule has 0 saturated heterocycles. The average Bonchev–Trinajstić information content (AvgIpc) is 2.76. The average molecular weight is 256 g/mol. The van der Waals surface area contributed by atoms with Gasteiger partial charge in [-0.25, -0.2) is 4.79 Å². The molecule has 94 valence electrons. The molecule has 0 radical (unpaired) electrons. The summed E-state index contributed by atoms with van der Waals surface area (Å²) in [4.78, 5) is 23.4. The highest BCUT2D eigenvalue weighted by Crippen LogP contribution is 2.08. The Kier molecular flexibility index (Phi) is 5.48. The quantitative estimate of drug-likeness (QED) is 0.762. The molecule has 1 rings (SSSR count). The second-order valence-electron chi connectivity index (χ2n) is 3.72. The van der Waals surface area contributed by atoms with Gasteiger partial charge in [-0.3, -0.25) is 4.79 Å². The van der Waals surface area contributed by atoms with Gasteiger partial charge in [0.25, 0.3) is 0 Å². The summed E-state index contributed by atoms with van der Waals surface area (Å²) in [7, 11) is 1.71. The van der Waals surface area contributed by atoms with Crippen molar-refractivity contribution in [3.05, 3.63) is 22.4 Å². The van der Waals surface area contributed by atoms with Crippen LogP contribution in [0.2, 0.25) is 0 Å². The van der Waals surface area contributed by atoms with Gasteiger partial charge < -0.3 is 15.3 Å². The standard InChI is InChI=1S/C11H16N2O3S/c1-13(7-9-4-6-17-8-9)11(16)12-5-2-3-10(14)15/h4,6,8H,2-3,5,7H2,1H3,(H,12,16)(H,14,15). The lowest BCUT2D eigenvalue weighted by molar-refractivity contribution is -0.137. The highest BCUT2D eigenvalue weighted by Gasteiger charge is 2.08. The van der Waals surface area contributed by atoms with Crippen molar-refractivity contribution in [1.29, 1.82) is 0 Å². The summed E-state index contributed by atoms with van der Waals surface area (Å²) < 4.78 is 0. The van der Waals surface area contributed by atoms with E-state index in [-0.39, 0.29) is 12.5 Å². The van der Waals surface area contributed by atoms with E-state index < -0.39 is 5.97 Å². The second-order valence-corrected chi connectivity index (χ2v) is 4.50. The van der Waals surface area contributed by atoms with Gasteiger partial charge in [0.15, 0.2) is 0 Å². The number of carboxylic acids is 1. The minimum absolute atomic E-state index is 0.0779. The normalized spacial score (nSPS) is 9.94. The van der Waals surface area contributed by atoms with Gasteiger partial charge in [-0.1, -0.05) is 0 Å². The molecule has 0 unspecified atom stereocenters. The van der Waals surface area contributed by atoms with Gasteiger partial charge in [-0.15, -0.1) is 0 Å². The largest absolute Gasteiger partial charge is 0.481 e. The Morgan fingerprint density at radius 3 is 2.88 bits per heavy atom. The van der Waals surface area contributed by atoms with Crippen LogP contribution in [0.3, 0.4) is 0 Å². The number of amides is 2. The number of rotatable bonds is 6. The van der Waals surface area contributed by atoms with Gasteiger partial charge in [-0.05, 0) is 28.8 Å². The van der Waals surface area contributed by atoms with E-state index in [9.17, 15) is 9.59 Å².